The lowest BCUT2D eigenvalue weighted by Gasteiger charge is -2.13. The van der Waals surface area contributed by atoms with E-state index in [2.05, 4.69) is 11.9 Å². The normalized spacial score (nSPS) is 13.5. The largest absolute Gasteiger partial charge is 0.353 e. The third-order valence-electron chi connectivity index (χ3n) is 3.47. The van der Waals surface area contributed by atoms with E-state index in [1.165, 1.54) is 5.56 Å². The minimum absolute atomic E-state index is 0.191. The predicted octanol–water partition coefficient (Wildman–Crippen LogP) is 3.49. The third kappa shape index (κ3) is 2.38. The molecule has 1 aromatic carbocycles. The Bertz CT molecular complexity index is 694. The molecule has 104 valence electrons. The summed E-state index contributed by atoms with van der Waals surface area (Å²) in [6.45, 7) is 2.08. The van der Waals surface area contributed by atoms with E-state index in [0.717, 1.165) is 41.4 Å². The molecule has 0 bridgehead atoms. The topological polar surface area (TPSA) is 34.9 Å². The number of benzene rings is 1. The van der Waals surface area contributed by atoms with Gasteiger partial charge in [-0.3, -0.25) is 4.57 Å². The highest BCUT2D eigenvalue weighted by Crippen LogP contribution is 2.30. The number of aromatic nitrogens is 2. The lowest BCUT2D eigenvalue weighted by Crippen LogP contribution is -2.25. The minimum atomic E-state index is -0.191. The van der Waals surface area contributed by atoms with E-state index in [-0.39, 0.29) is 5.69 Å². The van der Waals surface area contributed by atoms with Crippen LogP contribution < -0.4 is 5.69 Å². The molecule has 0 radical (unpaired) electrons. The molecule has 0 unspecified atom stereocenters. The van der Waals surface area contributed by atoms with Crippen molar-refractivity contribution in [1.29, 1.82) is 0 Å². The van der Waals surface area contributed by atoms with Gasteiger partial charge >= 0.3 is 5.69 Å². The molecule has 0 atom stereocenters. The number of nitrogens with zero attached hydrogens (tertiary/aromatic N) is 2. The Morgan fingerprint density at radius 2 is 2.05 bits per heavy atom. The van der Waals surface area contributed by atoms with Crippen molar-refractivity contribution < 1.29 is 0 Å². The molecule has 1 aliphatic carbocycles. The average Bonchev–Trinajstić information content (AvgIpc) is 2.90. The van der Waals surface area contributed by atoms with E-state index in [1.54, 1.807) is 28.5 Å². The highest BCUT2D eigenvalue weighted by atomic mass is 35.5. The molecule has 2 aromatic rings. The number of fused-ring (bicyclic) bond motifs is 1. The van der Waals surface area contributed by atoms with Crippen LogP contribution in [0.5, 0.6) is 0 Å². The molecule has 0 fully saturated rings. The molecule has 20 heavy (non-hydrogen) atoms. The summed E-state index contributed by atoms with van der Waals surface area (Å²) < 4.78 is 1.73. The van der Waals surface area contributed by atoms with E-state index >= 15 is 0 Å². The number of hydrogen-bond donors (Lipinski definition) is 0. The van der Waals surface area contributed by atoms with Crippen LogP contribution in [0.4, 0.5) is 0 Å². The lowest BCUT2D eigenvalue weighted by molar-refractivity contribution is 0.803. The molecular formula is C15H15ClN2OS. The first-order chi connectivity index (χ1) is 9.70. The number of halogens is 1. The maximum atomic E-state index is 12.4. The molecule has 0 N–H and O–H groups in total. The van der Waals surface area contributed by atoms with Gasteiger partial charge in [-0.2, -0.15) is 4.98 Å². The van der Waals surface area contributed by atoms with Crippen LogP contribution in [0.1, 0.15) is 24.6 Å². The van der Waals surface area contributed by atoms with E-state index < -0.39 is 0 Å². The fraction of sp³-hybridized carbons (Fsp3) is 0.333. The SMILES string of the molecule is CCSc1nc(=O)n(-c2ccc(Cl)cc2)c2c1CCC2. The smallest absolute Gasteiger partial charge is 0.265 e. The molecule has 1 aromatic heterocycles. The second-order valence-corrected chi connectivity index (χ2v) is 6.41. The monoisotopic (exact) mass is 306 g/mol. The van der Waals surface area contributed by atoms with E-state index in [1.807, 2.05) is 12.1 Å². The van der Waals surface area contributed by atoms with Crippen molar-refractivity contribution in [2.24, 2.45) is 0 Å². The zero-order valence-electron chi connectivity index (χ0n) is 11.2. The van der Waals surface area contributed by atoms with Crippen LogP contribution in [-0.2, 0) is 12.8 Å². The van der Waals surface area contributed by atoms with Gasteiger partial charge in [-0.25, -0.2) is 4.79 Å². The van der Waals surface area contributed by atoms with Crippen molar-refractivity contribution in [3.63, 3.8) is 0 Å². The molecule has 0 saturated carbocycles. The Morgan fingerprint density at radius 1 is 1.30 bits per heavy atom. The van der Waals surface area contributed by atoms with Gasteiger partial charge in [-0.1, -0.05) is 18.5 Å². The van der Waals surface area contributed by atoms with Crippen molar-refractivity contribution >= 4 is 23.4 Å². The Balaban J connectivity index is 2.19. The van der Waals surface area contributed by atoms with Gasteiger partial charge in [0.05, 0.1) is 5.69 Å². The Labute approximate surface area is 127 Å². The van der Waals surface area contributed by atoms with Gasteiger partial charge in [-0.05, 0) is 49.3 Å². The van der Waals surface area contributed by atoms with E-state index in [9.17, 15) is 4.79 Å². The Morgan fingerprint density at radius 3 is 2.75 bits per heavy atom. The molecule has 0 spiro atoms. The Hall–Kier alpha value is -1.26. The zero-order chi connectivity index (χ0) is 14.1. The van der Waals surface area contributed by atoms with Crippen molar-refractivity contribution in [2.75, 3.05) is 5.75 Å². The standard InChI is InChI=1S/C15H15ClN2OS/c1-2-20-14-12-4-3-5-13(12)18(15(19)17-14)11-8-6-10(16)7-9-11/h6-9H,2-5H2,1H3. The van der Waals surface area contributed by atoms with Gasteiger partial charge < -0.3 is 0 Å². The number of thioether (sulfide) groups is 1. The lowest BCUT2D eigenvalue weighted by atomic mass is 10.2. The van der Waals surface area contributed by atoms with Gasteiger partial charge in [0, 0.05) is 16.3 Å². The molecule has 3 rings (SSSR count). The van der Waals surface area contributed by atoms with Crippen LogP contribution in [0.3, 0.4) is 0 Å². The summed E-state index contributed by atoms with van der Waals surface area (Å²) in [4.78, 5) is 16.6. The van der Waals surface area contributed by atoms with Crippen molar-refractivity contribution in [1.82, 2.24) is 9.55 Å². The molecule has 0 aliphatic heterocycles. The van der Waals surface area contributed by atoms with Gasteiger partial charge in [0.15, 0.2) is 0 Å². The Kier molecular flexibility index (Phi) is 3.85. The van der Waals surface area contributed by atoms with Crippen LogP contribution in [0.25, 0.3) is 5.69 Å². The molecule has 1 aliphatic rings. The van der Waals surface area contributed by atoms with Crippen LogP contribution in [0.15, 0.2) is 34.1 Å². The van der Waals surface area contributed by atoms with Crippen molar-refractivity contribution in [3.05, 3.63) is 51.0 Å². The molecule has 5 heteroatoms. The van der Waals surface area contributed by atoms with Crippen LogP contribution in [0, 0.1) is 0 Å². The second-order valence-electron chi connectivity index (χ2n) is 4.72. The average molecular weight is 307 g/mol. The summed E-state index contributed by atoms with van der Waals surface area (Å²) in [5.41, 5.74) is 3.01. The first kappa shape index (κ1) is 13.7. The summed E-state index contributed by atoms with van der Waals surface area (Å²) in [6.07, 6.45) is 3.04. The van der Waals surface area contributed by atoms with Crippen molar-refractivity contribution in [2.45, 2.75) is 31.2 Å². The van der Waals surface area contributed by atoms with Crippen molar-refractivity contribution in [3.8, 4) is 5.69 Å². The fourth-order valence-electron chi connectivity index (χ4n) is 2.64. The summed E-state index contributed by atoms with van der Waals surface area (Å²) >= 11 is 7.57. The molecule has 0 amide bonds. The number of rotatable bonds is 3. The van der Waals surface area contributed by atoms with Crippen LogP contribution in [0.2, 0.25) is 5.02 Å². The summed E-state index contributed by atoms with van der Waals surface area (Å²) in [5, 5.41) is 1.58. The molecule has 0 saturated heterocycles. The predicted molar refractivity (Wildman–Crippen MR) is 83.3 cm³/mol. The van der Waals surface area contributed by atoms with Crippen LogP contribution >= 0.6 is 23.4 Å². The van der Waals surface area contributed by atoms with Gasteiger partial charge in [0.1, 0.15) is 5.03 Å². The van der Waals surface area contributed by atoms with Gasteiger partial charge in [0.2, 0.25) is 0 Å². The highest BCUT2D eigenvalue weighted by Gasteiger charge is 2.22. The van der Waals surface area contributed by atoms with Gasteiger partial charge in [-0.15, -0.1) is 11.8 Å². The quantitative estimate of drug-likeness (QED) is 0.643. The second kappa shape index (κ2) is 5.62. The van der Waals surface area contributed by atoms with E-state index in [0.29, 0.717) is 5.02 Å². The van der Waals surface area contributed by atoms with Crippen LogP contribution in [-0.4, -0.2) is 15.3 Å². The molecular weight excluding hydrogens is 292 g/mol. The highest BCUT2D eigenvalue weighted by molar-refractivity contribution is 7.99. The summed E-state index contributed by atoms with van der Waals surface area (Å²) in [5.74, 6) is 0.934. The third-order valence-corrected chi connectivity index (χ3v) is 4.62. The van der Waals surface area contributed by atoms with E-state index in [4.69, 9.17) is 11.6 Å². The first-order valence-electron chi connectivity index (χ1n) is 6.74. The maximum Gasteiger partial charge on any atom is 0.353 e. The zero-order valence-corrected chi connectivity index (χ0v) is 12.8. The molecule has 3 nitrogen and oxygen atoms in total. The summed E-state index contributed by atoms with van der Waals surface area (Å²) in [6, 6.07) is 7.35. The molecule has 1 heterocycles. The fourth-order valence-corrected chi connectivity index (χ4v) is 3.57. The maximum absolute atomic E-state index is 12.4. The van der Waals surface area contributed by atoms with Gasteiger partial charge in [0.25, 0.3) is 0 Å². The minimum Gasteiger partial charge on any atom is -0.265 e. The number of hydrogen-bond acceptors (Lipinski definition) is 3. The summed E-state index contributed by atoms with van der Waals surface area (Å²) in [7, 11) is 0. The first-order valence-corrected chi connectivity index (χ1v) is 8.10.